The Labute approximate surface area is 170 Å². The van der Waals surface area contributed by atoms with Crippen LogP contribution in [-0.2, 0) is 29.8 Å². The van der Waals surface area contributed by atoms with E-state index in [4.69, 9.17) is 0 Å². The summed E-state index contributed by atoms with van der Waals surface area (Å²) in [6.45, 7) is 0.721. The van der Waals surface area contributed by atoms with E-state index in [-0.39, 0.29) is 11.9 Å². The zero-order valence-corrected chi connectivity index (χ0v) is 16.1. The van der Waals surface area contributed by atoms with Crippen molar-refractivity contribution in [1.29, 1.82) is 0 Å². The molecule has 1 unspecified atom stereocenters. The van der Waals surface area contributed by atoms with Gasteiger partial charge in [-0.15, -0.1) is 0 Å². The van der Waals surface area contributed by atoms with Crippen molar-refractivity contribution in [2.45, 2.75) is 31.5 Å². The number of rotatable bonds is 4. The number of nitrogens with zero attached hydrogens (tertiary/aromatic N) is 2. The van der Waals surface area contributed by atoms with Crippen LogP contribution >= 0.6 is 0 Å². The van der Waals surface area contributed by atoms with E-state index in [1.165, 1.54) is 4.90 Å². The fourth-order valence-electron chi connectivity index (χ4n) is 4.70. The molecule has 3 amide bonds. The first-order valence-electron chi connectivity index (χ1n) is 10.00. The highest BCUT2D eigenvalue weighted by atomic mass is 16.2. The van der Waals surface area contributed by atoms with E-state index < -0.39 is 5.54 Å². The minimum Gasteiger partial charge on any atom is -0.301 e. The van der Waals surface area contributed by atoms with Gasteiger partial charge in [0.2, 0.25) is 0 Å². The summed E-state index contributed by atoms with van der Waals surface area (Å²) in [5.41, 5.74) is 3.22. The first kappa shape index (κ1) is 17.7. The van der Waals surface area contributed by atoms with Crippen molar-refractivity contribution in [3.8, 4) is 0 Å². The largest absolute Gasteiger partial charge is 0.328 e. The Morgan fingerprint density at radius 2 is 1.31 bits per heavy atom. The highest BCUT2D eigenvalue weighted by Crippen LogP contribution is 2.48. The van der Waals surface area contributed by atoms with Crippen molar-refractivity contribution in [3.63, 3.8) is 0 Å². The average Bonchev–Trinajstić information content (AvgIpc) is 3.24. The number of aryl methyl sites for hydroxylation is 1. The van der Waals surface area contributed by atoms with Crippen LogP contribution in [0.15, 0.2) is 84.9 Å². The number of carbonyl (C=O) groups is 2. The number of carbonyl (C=O) groups excluding carboxylic acids is 2. The molecule has 4 heteroatoms. The molecule has 1 saturated heterocycles. The lowest BCUT2D eigenvalue weighted by atomic mass is 9.89. The van der Waals surface area contributed by atoms with Gasteiger partial charge in [0.05, 0.1) is 6.54 Å². The number of fused-ring (bicyclic) bond motifs is 2. The van der Waals surface area contributed by atoms with Gasteiger partial charge in [0.15, 0.2) is 0 Å². The summed E-state index contributed by atoms with van der Waals surface area (Å²) in [5.74, 6) is -0.104. The van der Waals surface area contributed by atoms with Crippen molar-refractivity contribution < 1.29 is 9.59 Å². The third-order valence-corrected chi connectivity index (χ3v) is 6.11. The van der Waals surface area contributed by atoms with Gasteiger partial charge in [0.25, 0.3) is 5.91 Å². The summed E-state index contributed by atoms with van der Waals surface area (Å²) in [4.78, 5) is 30.5. The minimum absolute atomic E-state index is 0.104. The lowest BCUT2D eigenvalue weighted by Gasteiger charge is -2.32. The van der Waals surface area contributed by atoms with Crippen molar-refractivity contribution >= 4 is 11.9 Å². The standard InChI is InChI=1S/C25H22N2O2/c28-23-25(16-15-21-13-7-8-14-22(21)25)27(18-20-11-5-2-6-12-20)24(29)26(23)17-19-9-3-1-4-10-19/h1-14H,15-18H2. The van der Waals surface area contributed by atoms with Crippen LogP contribution in [0.5, 0.6) is 0 Å². The first-order chi connectivity index (χ1) is 14.2. The second-order valence-electron chi connectivity index (χ2n) is 7.75. The molecule has 0 saturated carbocycles. The molecular weight excluding hydrogens is 360 g/mol. The molecule has 0 N–H and O–H groups in total. The fourth-order valence-corrected chi connectivity index (χ4v) is 4.70. The third-order valence-electron chi connectivity index (χ3n) is 6.11. The minimum atomic E-state index is -0.904. The van der Waals surface area contributed by atoms with E-state index in [0.717, 1.165) is 28.7 Å². The van der Waals surface area contributed by atoms with Gasteiger partial charge in [-0.05, 0) is 35.1 Å². The van der Waals surface area contributed by atoms with Crippen LogP contribution in [0, 0.1) is 0 Å². The summed E-state index contributed by atoms with van der Waals surface area (Å²) in [5, 5.41) is 0. The quantitative estimate of drug-likeness (QED) is 0.624. The molecule has 0 radical (unpaired) electrons. The van der Waals surface area contributed by atoms with Crippen LogP contribution in [-0.4, -0.2) is 21.7 Å². The van der Waals surface area contributed by atoms with E-state index in [1.54, 1.807) is 4.90 Å². The van der Waals surface area contributed by atoms with Gasteiger partial charge in [-0.2, -0.15) is 0 Å². The maximum Gasteiger partial charge on any atom is 0.328 e. The van der Waals surface area contributed by atoms with Gasteiger partial charge < -0.3 is 4.90 Å². The molecule has 0 bridgehead atoms. The number of hydrogen-bond donors (Lipinski definition) is 0. The summed E-state index contributed by atoms with van der Waals surface area (Å²) >= 11 is 0. The van der Waals surface area contributed by atoms with Crippen LogP contribution < -0.4 is 0 Å². The lowest BCUT2D eigenvalue weighted by molar-refractivity contribution is -0.134. The number of benzene rings is 3. The molecule has 1 heterocycles. The Kier molecular flexibility index (Phi) is 4.20. The Morgan fingerprint density at radius 3 is 2.00 bits per heavy atom. The van der Waals surface area contributed by atoms with E-state index in [9.17, 15) is 9.59 Å². The molecule has 3 aromatic rings. The van der Waals surface area contributed by atoms with Gasteiger partial charge in [0, 0.05) is 6.54 Å². The number of urea groups is 1. The first-order valence-corrected chi connectivity index (χ1v) is 10.00. The highest BCUT2D eigenvalue weighted by Gasteiger charge is 2.60. The maximum atomic E-state index is 13.8. The summed E-state index contributed by atoms with van der Waals surface area (Å²) in [6, 6.07) is 27.5. The van der Waals surface area contributed by atoms with Gasteiger partial charge in [-0.25, -0.2) is 4.79 Å². The fraction of sp³-hybridized carbons (Fsp3) is 0.200. The van der Waals surface area contributed by atoms with Gasteiger partial charge in [0.1, 0.15) is 5.54 Å². The smallest absolute Gasteiger partial charge is 0.301 e. The lowest BCUT2D eigenvalue weighted by Crippen LogP contribution is -2.44. The SMILES string of the molecule is O=C1N(Cc2ccccc2)C(=O)C2(CCc3ccccc32)N1Cc1ccccc1. The highest BCUT2D eigenvalue weighted by molar-refractivity contribution is 6.08. The Hall–Kier alpha value is -3.40. The molecule has 0 aromatic heterocycles. The van der Waals surface area contributed by atoms with E-state index in [1.807, 2.05) is 78.9 Å². The van der Waals surface area contributed by atoms with Crippen LogP contribution in [0.4, 0.5) is 4.79 Å². The molecule has 1 atom stereocenters. The van der Waals surface area contributed by atoms with Crippen molar-refractivity contribution in [2.24, 2.45) is 0 Å². The summed E-state index contributed by atoms with van der Waals surface area (Å²) in [7, 11) is 0. The second-order valence-corrected chi connectivity index (χ2v) is 7.75. The molecule has 4 nitrogen and oxygen atoms in total. The molecule has 3 aromatic carbocycles. The number of hydrogen-bond acceptors (Lipinski definition) is 2. The third kappa shape index (κ3) is 2.75. The topological polar surface area (TPSA) is 40.6 Å². The molecule has 1 spiro atoms. The Bertz CT molecular complexity index is 1060. The van der Waals surface area contributed by atoms with Crippen molar-refractivity contribution in [1.82, 2.24) is 9.80 Å². The van der Waals surface area contributed by atoms with Crippen LogP contribution in [0.25, 0.3) is 0 Å². The number of amides is 3. The molecule has 144 valence electrons. The van der Waals surface area contributed by atoms with E-state index in [2.05, 4.69) is 6.07 Å². The molecule has 5 rings (SSSR count). The van der Waals surface area contributed by atoms with Crippen molar-refractivity contribution in [3.05, 3.63) is 107 Å². The Morgan fingerprint density at radius 1 is 0.724 bits per heavy atom. The monoisotopic (exact) mass is 382 g/mol. The normalized spacial score (nSPS) is 20.6. The van der Waals surface area contributed by atoms with Crippen LogP contribution in [0.3, 0.4) is 0 Å². The average molecular weight is 382 g/mol. The zero-order chi connectivity index (χ0) is 19.8. The molecule has 1 fully saturated rings. The Balaban J connectivity index is 1.59. The van der Waals surface area contributed by atoms with E-state index in [0.29, 0.717) is 19.5 Å². The van der Waals surface area contributed by atoms with Gasteiger partial charge in [-0.1, -0.05) is 84.9 Å². The molecule has 29 heavy (non-hydrogen) atoms. The predicted molar refractivity (Wildman–Crippen MR) is 111 cm³/mol. The summed E-state index contributed by atoms with van der Waals surface area (Å²) < 4.78 is 0. The van der Waals surface area contributed by atoms with Crippen molar-refractivity contribution in [2.75, 3.05) is 0 Å². The maximum absolute atomic E-state index is 13.8. The molecule has 2 aliphatic rings. The zero-order valence-electron chi connectivity index (χ0n) is 16.1. The van der Waals surface area contributed by atoms with Gasteiger partial charge in [-0.3, -0.25) is 9.69 Å². The number of imide groups is 1. The summed E-state index contributed by atoms with van der Waals surface area (Å²) in [6.07, 6.45) is 1.44. The van der Waals surface area contributed by atoms with Crippen LogP contribution in [0.1, 0.15) is 28.7 Å². The van der Waals surface area contributed by atoms with Crippen LogP contribution in [0.2, 0.25) is 0 Å². The second kappa shape index (κ2) is 6.89. The van der Waals surface area contributed by atoms with E-state index >= 15 is 0 Å². The molecule has 1 aliphatic carbocycles. The predicted octanol–water partition coefficient (Wildman–Crippen LogP) is 4.49. The van der Waals surface area contributed by atoms with Gasteiger partial charge >= 0.3 is 6.03 Å². The molecule has 1 aliphatic heterocycles. The molecular formula is C25H22N2O2.